The standard InChI is InChI=1S/C14H13ClN4O2/c15-10-6-8-12(9-7-10)17-14(21)19-18-13(20)16-11-4-2-1-3-5-11/h1-9H,(H2,16,18,20)(H2,17,19,21). The van der Waals surface area contributed by atoms with Crippen LogP contribution >= 0.6 is 11.6 Å². The Morgan fingerprint density at radius 1 is 0.714 bits per heavy atom. The smallest absolute Gasteiger partial charge is 0.307 e. The van der Waals surface area contributed by atoms with Crippen LogP contribution in [0.2, 0.25) is 5.02 Å². The van der Waals surface area contributed by atoms with Crippen molar-refractivity contribution in [2.75, 3.05) is 10.6 Å². The number of benzene rings is 2. The number of carbonyl (C=O) groups is 2. The molecule has 2 rings (SSSR count). The zero-order valence-corrected chi connectivity index (χ0v) is 11.6. The summed E-state index contributed by atoms with van der Waals surface area (Å²) in [6, 6.07) is 14.3. The first kappa shape index (κ1) is 14.7. The van der Waals surface area contributed by atoms with E-state index in [0.29, 0.717) is 16.4 Å². The predicted molar refractivity (Wildman–Crippen MR) is 82.2 cm³/mol. The van der Waals surface area contributed by atoms with E-state index in [-0.39, 0.29) is 0 Å². The van der Waals surface area contributed by atoms with E-state index >= 15 is 0 Å². The zero-order valence-electron chi connectivity index (χ0n) is 10.9. The fourth-order valence-corrected chi connectivity index (χ4v) is 1.62. The second kappa shape index (κ2) is 7.16. The summed E-state index contributed by atoms with van der Waals surface area (Å²) in [7, 11) is 0. The Morgan fingerprint density at radius 2 is 1.19 bits per heavy atom. The summed E-state index contributed by atoms with van der Waals surface area (Å²) in [6.45, 7) is 0. The molecule has 0 aliphatic heterocycles. The van der Waals surface area contributed by atoms with Crippen molar-refractivity contribution in [1.82, 2.24) is 10.9 Å². The van der Waals surface area contributed by atoms with Crippen molar-refractivity contribution in [2.24, 2.45) is 0 Å². The van der Waals surface area contributed by atoms with Gasteiger partial charge < -0.3 is 10.6 Å². The minimum atomic E-state index is -0.569. The Labute approximate surface area is 126 Å². The number of halogens is 1. The van der Waals surface area contributed by atoms with Crippen LogP contribution in [0.15, 0.2) is 54.6 Å². The highest BCUT2D eigenvalue weighted by molar-refractivity contribution is 6.30. The SMILES string of the molecule is O=C(NNC(=O)Nc1ccc(Cl)cc1)Nc1ccccc1. The van der Waals surface area contributed by atoms with E-state index in [1.165, 1.54) is 0 Å². The summed E-state index contributed by atoms with van der Waals surface area (Å²) < 4.78 is 0. The molecule has 0 saturated carbocycles. The third-order valence-electron chi connectivity index (χ3n) is 2.42. The monoisotopic (exact) mass is 304 g/mol. The van der Waals surface area contributed by atoms with Crippen LogP contribution < -0.4 is 21.5 Å². The molecule has 0 unspecified atom stereocenters. The number of para-hydroxylation sites is 1. The molecule has 0 aromatic heterocycles. The first-order valence-electron chi connectivity index (χ1n) is 6.08. The number of amides is 4. The number of nitrogens with one attached hydrogen (secondary N) is 4. The molecule has 108 valence electrons. The lowest BCUT2D eigenvalue weighted by Gasteiger charge is -2.10. The molecule has 4 amide bonds. The van der Waals surface area contributed by atoms with Gasteiger partial charge in [0.15, 0.2) is 0 Å². The van der Waals surface area contributed by atoms with E-state index < -0.39 is 12.1 Å². The number of hydrogen-bond donors (Lipinski definition) is 4. The molecule has 4 N–H and O–H groups in total. The third-order valence-corrected chi connectivity index (χ3v) is 2.68. The maximum atomic E-state index is 11.6. The predicted octanol–water partition coefficient (Wildman–Crippen LogP) is 3.20. The number of anilines is 2. The summed E-state index contributed by atoms with van der Waals surface area (Å²) in [5, 5.41) is 5.67. The highest BCUT2D eigenvalue weighted by Gasteiger charge is 2.04. The van der Waals surface area contributed by atoms with Gasteiger partial charge in [0.25, 0.3) is 0 Å². The molecule has 7 heteroatoms. The van der Waals surface area contributed by atoms with Crippen molar-refractivity contribution >= 4 is 35.0 Å². The molecule has 0 heterocycles. The van der Waals surface area contributed by atoms with Crippen molar-refractivity contribution < 1.29 is 9.59 Å². The van der Waals surface area contributed by atoms with Crippen LogP contribution in [0.25, 0.3) is 0 Å². The fraction of sp³-hybridized carbons (Fsp3) is 0. The number of rotatable bonds is 2. The molecule has 0 saturated heterocycles. The van der Waals surface area contributed by atoms with Gasteiger partial charge in [0.05, 0.1) is 0 Å². The average molecular weight is 305 g/mol. The molecule has 0 aliphatic rings. The van der Waals surface area contributed by atoms with E-state index in [1.807, 2.05) is 6.07 Å². The molecule has 0 fully saturated rings. The zero-order chi connectivity index (χ0) is 15.1. The molecule has 6 nitrogen and oxygen atoms in total. The molecule has 0 aliphatic carbocycles. The minimum absolute atomic E-state index is 0.549. The maximum absolute atomic E-state index is 11.6. The number of carbonyl (C=O) groups excluding carboxylic acids is 2. The van der Waals surface area contributed by atoms with Gasteiger partial charge in [-0.05, 0) is 36.4 Å². The Bertz CT molecular complexity index is 617. The van der Waals surface area contributed by atoms with E-state index in [4.69, 9.17) is 11.6 Å². The normalized spacial score (nSPS) is 9.57. The van der Waals surface area contributed by atoms with Gasteiger partial charge in [-0.1, -0.05) is 29.8 Å². The molecule has 0 spiro atoms. The molecule has 2 aromatic carbocycles. The molecular weight excluding hydrogens is 292 g/mol. The number of hydrazine groups is 1. The lowest BCUT2D eigenvalue weighted by atomic mass is 10.3. The van der Waals surface area contributed by atoms with Gasteiger partial charge in [-0.25, -0.2) is 20.4 Å². The Balaban J connectivity index is 1.76. The molecule has 2 aromatic rings. The van der Waals surface area contributed by atoms with Crippen LogP contribution in [0.5, 0.6) is 0 Å². The topological polar surface area (TPSA) is 82.3 Å². The van der Waals surface area contributed by atoms with Crippen LogP contribution in [0.3, 0.4) is 0 Å². The van der Waals surface area contributed by atoms with Crippen LogP contribution in [0.4, 0.5) is 21.0 Å². The Kier molecular flexibility index (Phi) is 5.00. The van der Waals surface area contributed by atoms with E-state index in [9.17, 15) is 9.59 Å². The van der Waals surface area contributed by atoms with Gasteiger partial charge in [0, 0.05) is 16.4 Å². The van der Waals surface area contributed by atoms with Crippen molar-refractivity contribution in [1.29, 1.82) is 0 Å². The summed E-state index contributed by atoms with van der Waals surface area (Å²) in [5.74, 6) is 0. The van der Waals surface area contributed by atoms with Gasteiger partial charge in [-0.2, -0.15) is 0 Å². The molecule has 0 radical (unpaired) electrons. The van der Waals surface area contributed by atoms with Crippen LogP contribution in [-0.4, -0.2) is 12.1 Å². The molecule has 21 heavy (non-hydrogen) atoms. The third kappa shape index (κ3) is 5.04. The van der Waals surface area contributed by atoms with Crippen LogP contribution in [-0.2, 0) is 0 Å². The minimum Gasteiger partial charge on any atom is -0.307 e. The second-order valence-corrected chi connectivity index (χ2v) is 4.47. The first-order valence-corrected chi connectivity index (χ1v) is 6.46. The first-order chi connectivity index (χ1) is 10.1. The van der Waals surface area contributed by atoms with Crippen molar-refractivity contribution in [3.05, 3.63) is 59.6 Å². The largest absolute Gasteiger partial charge is 0.337 e. The molecule has 0 atom stereocenters. The number of urea groups is 2. The van der Waals surface area contributed by atoms with Gasteiger partial charge in [-0.15, -0.1) is 0 Å². The maximum Gasteiger partial charge on any atom is 0.337 e. The van der Waals surface area contributed by atoms with Gasteiger partial charge >= 0.3 is 12.1 Å². The Morgan fingerprint density at radius 3 is 1.71 bits per heavy atom. The van der Waals surface area contributed by atoms with Crippen LogP contribution in [0.1, 0.15) is 0 Å². The molecular formula is C14H13ClN4O2. The highest BCUT2D eigenvalue weighted by atomic mass is 35.5. The van der Waals surface area contributed by atoms with Crippen molar-refractivity contribution in [2.45, 2.75) is 0 Å². The lowest BCUT2D eigenvalue weighted by molar-refractivity contribution is 0.237. The van der Waals surface area contributed by atoms with Crippen LogP contribution in [0, 0.1) is 0 Å². The summed E-state index contributed by atoms with van der Waals surface area (Å²) in [5.41, 5.74) is 5.62. The van der Waals surface area contributed by atoms with Crippen molar-refractivity contribution in [3.8, 4) is 0 Å². The lowest BCUT2D eigenvalue weighted by Crippen LogP contribution is -2.45. The fourth-order valence-electron chi connectivity index (χ4n) is 1.49. The van der Waals surface area contributed by atoms with E-state index in [2.05, 4.69) is 21.5 Å². The number of hydrogen-bond acceptors (Lipinski definition) is 2. The quantitative estimate of drug-likeness (QED) is 0.643. The summed E-state index contributed by atoms with van der Waals surface area (Å²) >= 11 is 5.73. The molecule has 0 bridgehead atoms. The summed E-state index contributed by atoms with van der Waals surface area (Å²) in [4.78, 5) is 23.1. The van der Waals surface area contributed by atoms with E-state index in [0.717, 1.165) is 0 Å². The second-order valence-electron chi connectivity index (χ2n) is 4.03. The Hall–Kier alpha value is -2.73. The summed E-state index contributed by atoms with van der Waals surface area (Å²) in [6.07, 6.45) is 0. The van der Waals surface area contributed by atoms with Gasteiger partial charge in [-0.3, -0.25) is 0 Å². The highest BCUT2D eigenvalue weighted by Crippen LogP contribution is 2.12. The average Bonchev–Trinajstić information content (AvgIpc) is 2.49. The van der Waals surface area contributed by atoms with Gasteiger partial charge in [0.2, 0.25) is 0 Å². The van der Waals surface area contributed by atoms with Crippen molar-refractivity contribution in [3.63, 3.8) is 0 Å². The van der Waals surface area contributed by atoms with E-state index in [1.54, 1.807) is 48.5 Å². The van der Waals surface area contributed by atoms with Gasteiger partial charge in [0.1, 0.15) is 0 Å².